The van der Waals surface area contributed by atoms with E-state index in [2.05, 4.69) is 18.3 Å². The topological polar surface area (TPSA) is 41.5 Å². The van der Waals surface area contributed by atoms with Gasteiger partial charge >= 0.3 is 0 Å². The summed E-state index contributed by atoms with van der Waals surface area (Å²) in [5.41, 5.74) is 1.29. The first kappa shape index (κ1) is 18.6. The van der Waals surface area contributed by atoms with Crippen LogP contribution in [0.15, 0.2) is 18.2 Å². The zero-order valence-corrected chi connectivity index (χ0v) is 14.9. The maximum absolute atomic E-state index is 9.15. The zero-order valence-electron chi connectivity index (χ0n) is 14.2. The van der Waals surface area contributed by atoms with Crippen molar-refractivity contribution in [3.8, 4) is 5.75 Å². The number of benzene rings is 1. The van der Waals surface area contributed by atoms with Gasteiger partial charge in [0.15, 0.2) is 0 Å². The van der Waals surface area contributed by atoms with Crippen LogP contribution in [-0.4, -0.2) is 30.4 Å². The number of halogens is 1. The van der Waals surface area contributed by atoms with Gasteiger partial charge in [-0.15, -0.1) is 0 Å². The minimum Gasteiger partial charge on any atom is -0.487 e. The summed E-state index contributed by atoms with van der Waals surface area (Å²) in [5, 5.41) is 13.1. The van der Waals surface area contributed by atoms with Gasteiger partial charge < -0.3 is 15.2 Å². The van der Waals surface area contributed by atoms with Crippen molar-refractivity contribution in [2.45, 2.75) is 70.4 Å². The lowest BCUT2D eigenvalue weighted by Gasteiger charge is -2.15. The average molecular weight is 340 g/mol. The van der Waals surface area contributed by atoms with E-state index in [1.807, 2.05) is 12.1 Å². The van der Waals surface area contributed by atoms with Gasteiger partial charge in [-0.3, -0.25) is 0 Å². The van der Waals surface area contributed by atoms with E-state index in [4.69, 9.17) is 21.4 Å². The lowest BCUT2D eigenvalue weighted by Crippen LogP contribution is -2.25. The Morgan fingerprint density at radius 1 is 1.22 bits per heavy atom. The van der Waals surface area contributed by atoms with E-state index in [-0.39, 0.29) is 18.8 Å². The second-order valence-corrected chi connectivity index (χ2v) is 6.95. The van der Waals surface area contributed by atoms with Crippen LogP contribution in [0.3, 0.4) is 0 Å². The number of nitrogens with one attached hydrogen (secondary N) is 1. The third-order valence-electron chi connectivity index (χ3n) is 4.51. The van der Waals surface area contributed by atoms with Gasteiger partial charge in [0.05, 0.1) is 11.6 Å². The largest absolute Gasteiger partial charge is 0.487 e. The average Bonchev–Trinajstić information content (AvgIpc) is 3.01. The van der Waals surface area contributed by atoms with Crippen LogP contribution in [-0.2, 0) is 6.42 Å². The molecule has 0 spiro atoms. The Morgan fingerprint density at radius 2 is 2.00 bits per heavy atom. The Labute approximate surface area is 145 Å². The van der Waals surface area contributed by atoms with Crippen molar-refractivity contribution in [3.05, 3.63) is 28.8 Å². The van der Waals surface area contributed by atoms with Crippen molar-refractivity contribution < 1.29 is 9.84 Å². The molecule has 0 bridgehead atoms. The van der Waals surface area contributed by atoms with Crippen LogP contribution in [0.4, 0.5) is 0 Å². The normalized spacial score (nSPS) is 20.8. The molecule has 0 saturated carbocycles. The van der Waals surface area contributed by atoms with Crippen molar-refractivity contribution in [1.82, 2.24) is 5.32 Å². The van der Waals surface area contributed by atoms with Crippen LogP contribution in [0, 0.1) is 0 Å². The van der Waals surface area contributed by atoms with Gasteiger partial charge in [0, 0.05) is 19.0 Å². The van der Waals surface area contributed by atoms with E-state index in [9.17, 15) is 0 Å². The summed E-state index contributed by atoms with van der Waals surface area (Å²) in [6.07, 6.45) is 9.87. The van der Waals surface area contributed by atoms with Crippen molar-refractivity contribution >= 4 is 11.6 Å². The molecule has 1 aliphatic rings. The Morgan fingerprint density at radius 3 is 2.70 bits per heavy atom. The summed E-state index contributed by atoms with van der Waals surface area (Å²) in [6, 6.07) is 6.29. The van der Waals surface area contributed by atoms with Crippen LogP contribution >= 0.6 is 11.6 Å². The van der Waals surface area contributed by atoms with E-state index in [1.54, 1.807) is 0 Å². The molecule has 1 aliphatic heterocycles. The zero-order chi connectivity index (χ0) is 16.5. The van der Waals surface area contributed by atoms with Gasteiger partial charge in [-0.05, 0) is 30.5 Å². The number of hydrogen-bond acceptors (Lipinski definition) is 3. The highest BCUT2D eigenvalue weighted by Gasteiger charge is 2.25. The second-order valence-electron chi connectivity index (χ2n) is 6.55. The van der Waals surface area contributed by atoms with Gasteiger partial charge in [0.2, 0.25) is 0 Å². The van der Waals surface area contributed by atoms with Crippen LogP contribution in [0.2, 0.25) is 5.02 Å². The Hall–Kier alpha value is -0.770. The molecule has 3 nitrogen and oxygen atoms in total. The number of aliphatic hydroxyl groups is 1. The minimum atomic E-state index is 0.0917. The molecule has 2 rings (SSSR count). The van der Waals surface area contributed by atoms with E-state index < -0.39 is 0 Å². The highest BCUT2D eigenvalue weighted by molar-refractivity contribution is 6.32. The van der Waals surface area contributed by atoms with Crippen LogP contribution in [0.1, 0.15) is 57.4 Å². The van der Waals surface area contributed by atoms with E-state index >= 15 is 0 Å². The van der Waals surface area contributed by atoms with Crippen molar-refractivity contribution in [1.29, 1.82) is 0 Å². The molecule has 1 heterocycles. The Bertz CT molecular complexity index is 467. The number of aliphatic hydroxyl groups excluding tert-OH is 1. The molecular formula is C19H30ClNO2. The van der Waals surface area contributed by atoms with E-state index in [0.717, 1.165) is 25.1 Å². The number of ether oxygens (including phenoxy) is 1. The standard InChI is InChI=1S/C19H30ClNO2/c1-2-3-4-5-6-7-8-15-9-10-19(18(20)11-15)23-17-12-16(14-22)21-13-17/h9-11,16-17,21-22H,2-8,12-14H2,1H3/t16-,17-/m1/s1. The van der Waals surface area contributed by atoms with E-state index in [1.165, 1.54) is 44.1 Å². The molecule has 1 fully saturated rings. The molecular weight excluding hydrogens is 310 g/mol. The van der Waals surface area contributed by atoms with Gasteiger partial charge in [-0.2, -0.15) is 0 Å². The van der Waals surface area contributed by atoms with Gasteiger partial charge in [0.1, 0.15) is 11.9 Å². The fourth-order valence-electron chi connectivity index (χ4n) is 3.10. The summed E-state index contributed by atoms with van der Waals surface area (Å²) >= 11 is 6.36. The summed E-state index contributed by atoms with van der Waals surface area (Å²) in [7, 11) is 0. The lowest BCUT2D eigenvalue weighted by atomic mass is 10.0. The monoisotopic (exact) mass is 339 g/mol. The number of unbranched alkanes of at least 4 members (excludes halogenated alkanes) is 5. The van der Waals surface area contributed by atoms with E-state index in [0.29, 0.717) is 5.02 Å². The maximum Gasteiger partial charge on any atom is 0.138 e. The first-order chi connectivity index (χ1) is 11.2. The molecule has 0 unspecified atom stereocenters. The van der Waals surface area contributed by atoms with Crippen molar-refractivity contribution in [2.75, 3.05) is 13.2 Å². The summed E-state index contributed by atoms with van der Waals surface area (Å²) < 4.78 is 5.96. The molecule has 2 N–H and O–H groups in total. The quantitative estimate of drug-likeness (QED) is 0.623. The minimum absolute atomic E-state index is 0.0917. The number of hydrogen-bond donors (Lipinski definition) is 2. The number of aryl methyl sites for hydroxylation is 1. The van der Waals surface area contributed by atoms with Crippen molar-refractivity contribution in [3.63, 3.8) is 0 Å². The molecule has 0 amide bonds. The molecule has 23 heavy (non-hydrogen) atoms. The highest BCUT2D eigenvalue weighted by atomic mass is 35.5. The lowest BCUT2D eigenvalue weighted by molar-refractivity contribution is 0.206. The summed E-state index contributed by atoms with van der Waals surface area (Å²) in [5.74, 6) is 0.753. The van der Waals surface area contributed by atoms with Crippen LogP contribution in [0.25, 0.3) is 0 Å². The predicted molar refractivity (Wildman–Crippen MR) is 96.4 cm³/mol. The molecule has 0 radical (unpaired) electrons. The SMILES string of the molecule is CCCCCCCCc1ccc(O[C@H]2CN[C@@H](CO)C2)c(Cl)c1. The summed E-state index contributed by atoms with van der Waals surface area (Å²) in [4.78, 5) is 0. The smallest absolute Gasteiger partial charge is 0.138 e. The van der Waals surface area contributed by atoms with Crippen molar-refractivity contribution in [2.24, 2.45) is 0 Å². The Kier molecular flexibility index (Phi) is 8.21. The second kappa shape index (κ2) is 10.2. The highest BCUT2D eigenvalue weighted by Crippen LogP contribution is 2.28. The van der Waals surface area contributed by atoms with Gasteiger partial charge in [0.25, 0.3) is 0 Å². The molecule has 1 aromatic rings. The summed E-state index contributed by atoms with van der Waals surface area (Å²) in [6.45, 7) is 3.17. The molecule has 1 aromatic carbocycles. The van der Waals surface area contributed by atoms with Crippen LogP contribution in [0.5, 0.6) is 5.75 Å². The predicted octanol–water partition coefficient (Wildman–Crippen LogP) is 4.34. The molecule has 0 aliphatic carbocycles. The fourth-order valence-corrected chi connectivity index (χ4v) is 3.34. The maximum atomic E-state index is 9.15. The van der Waals surface area contributed by atoms with Gasteiger partial charge in [-0.1, -0.05) is 56.7 Å². The molecule has 130 valence electrons. The Balaban J connectivity index is 1.74. The molecule has 2 atom stereocenters. The number of rotatable bonds is 10. The van der Waals surface area contributed by atoms with Gasteiger partial charge in [-0.25, -0.2) is 0 Å². The van der Waals surface area contributed by atoms with Crippen LogP contribution < -0.4 is 10.1 Å². The third-order valence-corrected chi connectivity index (χ3v) is 4.81. The third kappa shape index (κ3) is 6.33. The first-order valence-corrected chi connectivity index (χ1v) is 9.40. The first-order valence-electron chi connectivity index (χ1n) is 9.02. The molecule has 1 saturated heterocycles. The molecule has 0 aromatic heterocycles. The fraction of sp³-hybridized carbons (Fsp3) is 0.684. The molecule has 4 heteroatoms.